The van der Waals surface area contributed by atoms with E-state index in [1.54, 1.807) is 0 Å². The molecular weight excluding hydrogens is 301 g/mol. The molecule has 0 atom stereocenters. The van der Waals surface area contributed by atoms with Crippen LogP contribution in [0.5, 0.6) is 0 Å². The summed E-state index contributed by atoms with van der Waals surface area (Å²) >= 11 is 5.05. The van der Waals surface area contributed by atoms with E-state index in [-0.39, 0.29) is 11.5 Å². The summed E-state index contributed by atoms with van der Waals surface area (Å²) in [7, 11) is 1.53. The number of hydrogen-bond acceptors (Lipinski definition) is 4. The Kier molecular flexibility index (Phi) is 5.88. The van der Waals surface area contributed by atoms with Gasteiger partial charge in [-0.05, 0) is 18.4 Å². The zero-order valence-electron chi connectivity index (χ0n) is 12.3. The van der Waals surface area contributed by atoms with Gasteiger partial charge in [0.1, 0.15) is 4.99 Å². The molecule has 1 rings (SSSR count). The number of anilines is 1. The van der Waals surface area contributed by atoms with Crippen LogP contribution in [0.1, 0.15) is 37.1 Å². The third-order valence-corrected chi connectivity index (χ3v) is 3.37. The maximum Gasteiger partial charge on any atom is 0.390 e. The summed E-state index contributed by atoms with van der Waals surface area (Å²) in [6.07, 6.45) is -3.84. The Hall–Kier alpha value is -1.44. The molecule has 0 radical (unpaired) electrons. The third-order valence-electron chi connectivity index (χ3n) is 3.17. The van der Waals surface area contributed by atoms with Crippen LogP contribution in [0.2, 0.25) is 0 Å². The minimum Gasteiger partial charge on any atom is -0.389 e. The molecular formula is C13H19F3N4S. The first-order valence-electron chi connectivity index (χ1n) is 6.67. The van der Waals surface area contributed by atoms with Crippen LogP contribution in [-0.2, 0) is 12.8 Å². The Morgan fingerprint density at radius 3 is 2.29 bits per heavy atom. The van der Waals surface area contributed by atoms with Gasteiger partial charge in [0.15, 0.2) is 5.82 Å². The first kappa shape index (κ1) is 17.6. The summed E-state index contributed by atoms with van der Waals surface area (Å²) in [5, 5.41) is 8.11. The van der Waals surface area contributed by atoms with E-state index >= 15 is 0 Å². The number of aryl methyl sites for hydroxylation is 1. The summed E-state index contributed by atoms with van der Waals surface area (Å²) in [6.45, 7) is 3.64. The molecule has 0 aliphatic carbocycles. The van der Waals surface area contributed by atoms with Gasteiger partial charge in [0.25, 0.3) is 0 Å². The maximum absolute atomic E-state index is 12.3. The zero-order valence-corrected chi connectivity index (χ0v) is 13.1. The molecule has 1 aromatic rings. The predicted molar refractivity (Wildman–Crippen MR) is 80.6 cm³/mol. The topological polar surface area (TPSA) is 55.0 Å². The minimum atomic E-state index is -4.22. The highest BCUT2D eigenvalue weighted by Gasteiger charge is 2.28. The molecule has 0 aromatic carbocycles. The SMILES string of the molecule is CCc1nnc(N(C)CCC(F)(F)F)c(C(N)=S)c1CC. The lowest BCUT2D eigenvalue weighted by Gasteiger charge is -2.23. The minimum absolute atomic E-state index is 0.130. The number of thiocarbonyl (C=S) groups is 1. The van der Waals surface area contributed by atoms with Crippen LogP contribution in [-0.4, -0.2) is 35.0 Å². The Labute approximate surface area is 127 Å². The fourth-order valence-corrected chi connectivity index (χ4v) is 2.30. The van der Waals surface area contributed by atoms with Gasteiger partial charge in [-0.1, -0.05) is 26.1 Å². The normalized spacial score (nSPS) is 11.5. The molecule has 0 saturated carbocycles. The highest BCUT2D eigenvalue weighted by molar-refractivity contribution is 7.80. The summed E-state index contributed by atoms with van der Waals surface area (Å²) in [5.41, 5.74) is 7.91. The van der Waals surface area contributed by atoms with Gasteiger partial charge in [-0.15, -0.1) is 5.10 Å². The molecule has 0 saturated heterocycles. The van der Waals surface area contributed by atoms with Gasteiger partial charge in [-0.25, -0.2) is 0 Å². The largest absolute Gasteiger partial charge is 0.390 e. The average Bonchev–Trinajstić information content (AvgIpc) is 2.41. The maximum atomic E-state index is 12.3. The van der Waals surface area contributed by atoms with Crippen LogP contribution in [0.15, 0.2) is 0 Å². The zero-order chi connectivity index (χ0) is 16.2. The third kappa shape index (κ3) is 4.52. The first-order valence-corrected chi connectivity index (χ1v) is 7.08. The van der Waals surface area contributed by atoms with Crippen LogP contribution in [0.3, 0.4) is 0 Å². The van der Waals surface area contributed by atoms with Crippen molar-refractivity contribution in [2.75, 3.05) is 18.5 Å². The lowest BCUT2D eigenvalue weighted by atomic mass is 10.0. The Balaban J connectivity index is 3.20. The molecule has 0 amide bonds. The van der Waals surface area contributed by atoms with E-state index in [4.69, 9.17) is 18.0 Å². The van der Waals surface area contributed by atoms with Crippen LogP contribution in [0.25, 0.3) is 0 Å². The predicted octanol–water partition coefficient (Wildman–Crippen LogP) is 2.62. The van der Waals surface area contributed by atoms with E-state index in [0.717, 1.165) is 11.3 Å². The lowest BCUT2D eigenvalue weighted by Crippen LogP contribution is -2.29. The number of nitrogens with two attached hydrogens (primary N) is 1. The molecule has 0 spiro atoms. The molecule has 21 heavy (non-hydrogen) atoms. The lowest BCUT2D eigenvalue weighted by molar-refractivity contribution is -0.132. The van der Waals surface area contributed by atoms with Gasteiger partial charge in [-0.2, -0.15) is 18.3 Å². The quantitative estimate of drug-likeness (QED) is 0.817. The van der Waals surface area contributed by atoms with Gasteiger partial charge in [0.05, 0.1) is 17.7 Å². The fourth-order valence-electron chi connectivity index (χ4n) is 2.09. The van der Waals surface area contributed by atoms with Crippen molar-refractivity contribution in [3.8, 4) is 0 Å². The van der Waals surface area contributed by atoms with E-state index in [1.807, 2.05) is 13.8 Å². The summed E-state index contributed by atoms with van der Waals surface area (Å²) in [5.74, 6) is 0.306. The molecule has 8 heteroatoms. The second-order valence-corrected chi connectivity index (χ2v) is 5.12. The average molecular weight is 320 g/mol. The Bertz CT molecular complexity index is 517. The number of halogens is 3. The Morgan fingerprint density at radius 2 is 1.86 bits per heavy atom. The van der Waals surface area contributed by atoms with Crippen molar-refractivity contribution in [2.24, 2.45) is 5.73 Å². The second-order valence-electron chi connectivity index (χ2n) is 4.68. The molecule has 1 heterocycles. The van der Waals surface area contributed by atoms with Crippen molar-refractivity contribution in [2.45, 2.75) is 39.3 Å². The van der Waals surface area contributed by atoms with Gasteiger partial charge in [0.2, 0.25) is 0 Å². The number of aromatic nitrogens is 2. The van der Waals surface area contributed by atoms with E-state index in [1.165, 1.54) is 11.9 Å². The number of hydrogen-bond donors (Lipinski definition) is 1. The van der Waals surface area contributed by atoms with Crippen molar-refractivity contribution in [3.63, 3.8) is 0 Å². The van der Waals surface area contributed by atoms with Crippen LogP contribution in [0, 0.1) is 0 Å². The van der Waals surface area contributed by atoms with Gasteiger partial charge >= 0.3 is 6.18 Å². The smallest absolute Gasteiger partial charge is 0.389 e. The number of rotatable bonds is 6. The molecule has 0 aliphatic rings. The van der Waals surface area contributed by atoms with Gasteiger partial charge in [-0.3, -0.25) is 0 Å². The molecule has 4 nitrogen and oxygen atoms in total. The second kappa shape index (κ2) is 7.02. The summed E-state index contributed by atoms with van der Waals surface area (Å²) in [4.78, 5) is 1.53. The molecule has 2 N–H and O–H groups in total. The molecule has 0 fully saturated rings. The standard InChI is InChI=1S/C13H19F3N4S/c1-4-8-9(5-2)18-19-12(10(8)11(17)21)20(3)7-6-13(14,15)16/h4-7H2,1-3H3,(H2,17,21). The molecule has 0 aliphatic heterocycles. The fraction of sp³-hybridized carbons (Fsp3) is 0.615. The van der Waals surface area contributed by atoms with Crippen LogP contribution >= 0.6 is 12.2 Å². The van der Waals surface area contributed by atoms with Crippen molar-refractivity contribution in [1.82, 2.24) is 10.2 Å². The van der Waals surface area contributed by atoms with Gasteiger partial charge < -0.3 is 10.6 Å². The van der Waals surface area contributed by atoms with Crippen molar-refractivity contribution in [1.29, 1.82) is 0 Å². The highest BCUT2D eigenvalue weighted by Crippen LogP contribution is 2.25. The van der Waals surface area contributed by atoms with E-state index in [0.29, 0.717) is 24.2 Å². The van der Waals surface area contributed by atoms with Crippen molar-refractivity contribution >= 4 is 23.0 Å². The molecule has 1 aromatic heterocycles. The molecule has 0 bridgehead atoms. The van der Waals surface area contributed by atoms with E-state index in [9.17, 15) is 13.2 Å². The Morgan fingerprint density at radius 1 is 1.24 bits per heavy atom. The molecule has 118 valence electrons. The highest BCUT2D eigenvalue weighted by atomic mass is 32.1. The summed E-state index contributed by atoms with van der Waals surface area (Å²) < 4.78 is 37.0. The van der Waals surface area contributed by atoms with Crippen molar-refractivity contribution in [3.05, 3.63) is 16.8 Å². The number of alkyl halides is 3. The molecule has 0 unspecified atom stereocenters. The van der Waals surface area contributed by atoms with E-state index < -0.39 is 12.6 Å². The van der Waals surface area contributed by atoms with Crippen molar-refractivity contribution < 1.29 is 13.2 Å². The van der Waals surface area contributed by atoms with Gasteiger partial charge in [0, 0.05) is 13.6 Å². The first-order chi connectivity index (χ1) is 9.71. The van der Waals surface area contributed by atoms with Crippen LogP contribution in [0.4, 0.5) is 19.0 Å². The van der Waals surface area contributed by atoms with E-state index in [2.05, 4.69) is 10.2 Å². The monoisotopic (exact) mass is 320 g/mol. The van der Waals surface area contributed by atoms with Crippen LogP contribution < -0.4 is 10.6 Å². The number of nitrogens with zero attached hydrogens (tertiary/aromatic N) is 3. The summed E-state index contributed by atoms with van der Waals surface area (Å²) in [6, 6.07) is 0.